The number of aryl methyl sites for hydroxylation is 3. The van der Waals surface area contributed by atoms with Crippen LogP contribution in [0.5, 0.6) is 5.75 Å². The molecule has 0 aliphatic heterocycles. The molecule has 4 rings (SSSR count). The summed E-state index contributed by atoms with van der Waals surface area (Å²) in [4.78, 5) is 17.2. The summed E-state index contributed by atoms with van der Waals surface area (Å²) in [5, 5.41) is 11.4. The second-order valence-electron chi connectivity index (χ2n) is 8.64. The number of halogens is 5. The summed E-state index contributed by atoms with van der Waals surface area (Å²) < 4.78 is 75.9. The van der Waals surface area contributed by atoms with Crippen molar-refractivity contribution >= 4 is 5.71 Å². The average molecular weight is 547 g/mol. The van der Waals surface area contributed by atoms with Crippen molar-refractivity contribution in [3.8, 4) is 11.4 Å². The van der Waals surface area contributed by atoms with Crippen LogP contribution in [0.2, 0.25) is 0 Å². The number of hydrogen-bond acceptors (Lipinski definition) is 6. The predicted molar refractivity (Wildman–Crippen MR) is 130 cm³/mol. The molecule has 0 N–H and O–H groups in total. The van der Waals surface area contributed by atoms with Crippen LogP contribution in [-0.4, -0.2) is 25.5 Å². The maximum absolute atomic E-state index is 13.8. The molecule has 0 saturated carbocycles. The van der Waals surface area contributed by atoms with E-state index in [1.54, 1.807) is 44.2 Å². The van der Waals surface area contributed by atoms with Gasteiger partial charge in [-0.05, 0) is 72.2 Å². The second-order valence-corrected chi connectivity index (χ2v) is 8.64. The Bertz CT molecular complexity index is 1620. The van der Waals surface area contributed by atoms with Crippen molar-refractivity contribution in [2.24, 2.45) is 12.2 Å². The molecule has 1 aromatic heterocycles. The van der Waals surface area contributed by atoms with E-state index in [0.717, 1.165) is 15.8 Å². The van der Waals surface area contributed by atoms with Crippen LogP contribution >= 0.6 is 0 Å². The number of aromatic nitrogens is 4. The number of nitrogens with zero attached hydrogens (tertiary/aromatic N) is 5. The minimum absolute atomic E-state index is 0.128. The standard InChI is InChI=1S/C26H22F5N5O3/c1-13-6-5-7-19(36-26(37)35(4)33-34-36)17(13)11-38-20-9-8-16(10-14(20)2)15(3)32-39-12-18-21(27)23(29)25(31)24(30)22(18)28/h5-10H,11-12H2,1-4H3/b32-15-. The summed E-state index contributed by atoms with van der Waals surface area (Å²) in [5.41, 5.74) is 2.21. The van der Waals surface area contributed by atoms with Crippen LogP contribution in [0.1, 0.15) is 34.7 Å². The molecule has 0 spiro atoms. The van der Waals surface area contributed by atoms with Crippen LogP contribution in [0.4, 0.5) is 22.0 Å². The molecule has 0 aliphatic carbocycles. The van der Waals surface area contributed by atoms with Gasteiger partial charge in [-0.3, -0.25) is 0 Å². The van der Waals surface area contributed by atoms with Crippen molar-refractivity contribution < 1.29 is 31.5 Å². The highest BCUT2D eigenvalue weighted by Gasteiger charge is 2.26. The third kappa shape index (κ3) is 5.38. The fraction of sp³-hybridized carbons (Fsp3) is 0.231. The molecule has 3 aromatic carbocycles. The number of rotatable bonds is 8. The van der Waals surface area contributed by atoms with Crippen molar-refractivity contribution in [3.05, 3.63) is 104 Å². The Morgan fingerprint density at radius 3 is 2.15 bits per heavy atom. The zero-order chi connectivity index (χ0) is 28.4. The molecule has 0 radical (unpaired) electrons. The minimum Gasteiger partial charge on any atom is -0.489 e. The normalized spacial score (nSPS) is 11.7. The van der Waals surface area contributed by atoms with E-state index in [4.69, 9.17) is 9.57 Å². The molecule has 0 saturated heterocycles. The molecule has 0 fully saturated rings. The van der Waals surface area contributed by atoms with Gasteiger partial charge in [0.15, 0.2) is 23.3 Å². The molecular weight excluding hydrogens is 525 g/mol. The Morgan fingerprint density at radius 1 is 0.872 bits per heavy atom. The highest BCUT2D eigenvalue weighted by atomic mass is 19.2. The summed E-state index contributed by atoms with van der Waals surface area (Å²) in [7, 11) is 1.50. The zero-order valence-corrected chi connectivity index (χ0v) is 21.2. The van der Waals surface area contributed by atoms with Gasteiger partial charge in [0.05, 0.1) is 17.0 Å². The summed E-state index contributed by atoms with van der Waals surface area (Å²) in [5.74, 6) is -9.76. The van der Waals surface area contributed by atoms with Gasteiger partial charge in [0.2, 0.25) is 5.82 Å². The van der Waals surface area contributed by atoms with Crippen molar-refractivity contribution in [2.45, 2.75) is 34.0 Å². The number of benzene rings is 3. The van der Waals surface area contributed by atoms with Crippen LogP contribution in [0.3, 0.4) is 0 Å². The van der Waals surface area contributed by atoms with E-state index < -0.39 is 46.9 Å². The van der Waals surface area contributed by atoms with Crippen molar-refractivity contribution in [2.75, 3.05) is 0 Å². The maximum atomic E-state index is 13.8. The molecule has 0 atom stereocenters. The topological polar surface area (TPSA) is 83.5 Å². The van der Waals surface area contributed by atoms with E-state index in [9.17, 15) is 26.7 Å². The Balaban J connectivity index is 1.48. The van der Waals surface area contributed by atoms with Gasteiger partial charge >= 0.3 is 5.69 Å². The molecule has 0 aliphatic rings. The van der Waals surface area contributed by atoms with Gasteiger partial charge in [0.25, 0.3) is 0 Å². The predicted octanol–water partition coefficient (Wildman–Crippen LogP) is 4.80. The quantitative estimate of drug-likeness (QED) is 0.104. The van der Waals surface area contributed by atoms with Crippen LogP contribution in [0, 0.1) is 42.9 Å². The van der Waals surface area contributed by atoms with Gasteiger partial charge in [-0.15, -0.1) is 0 Å². The fourth-order valence-corrected chi connectivity index (χ4v) is 3.75. The fourth-order valence-electron chi connectivity index (χ4n) is 3.75. The smallest absolute Gasteiger partial charge is 0.368 e. The number of oxime groups is 1. The molecule has 1 heterocycles. The summed E-state index contributed by atoms with van der Waals surface area (Å²) >= 11 is 0. The van der Waals surface area contributed by atoms with Crippen LogP contribution < -0.4 is 10.4 Å². The lowest BCUT2D eigenvalue weighted by atomic mass is 10.1. The molecule has 13 heteroatoms. The van der Waals surface area contributed by atoms with Crippen molar-refractivity contribution in [3.63, 3.8) is 0 Å². The molecule has 4 aromatic rings. The monoisotopic (exact) mass is 547 g/mol. The van der Waals surface area contributed by atoms with E-state index >= 15 is 0 Å². The summed E-state index contributed by atoms with van der Waals surface area (Å²) in [6, 6.07) is 10.5. The van der Waals surface area contributed by atoms with Gasteiger partial charge in [-0.1, -0.05) is 17.3 Å². The third-order valence-electron chi connectivity index (χ3n) is 6.01. The Hall–Kier alpha value is -4.55. The molecule has 39 heavy (non-hydrogen) atoms. The Labute approximate surface area is 218 Å². The van der Waals surface area contributed by atoms with Crippen LogP contribution in [0.25, 0.3) is 5.69 Å². The maximum Gasteiger partial charge on any atom is 0.368 e. The Morgan fingerprint density at radius 2 is 1.54 bits per heavy atom. The summed E-state index contributed by atoms with van der Waals surface area (Å²) in [6.45, 7) is 4.38. The molecule has 0 unspecified atom stereocenters. The van der Waals surface area contributed by atoms with E-state index in [0.29, 0.717) is 22.6 Å². The molecule has 8 nitrogen and oxygen atoms in total. The summed E-state index contributed by atoms with van der Waals surface area (Å²) in [6.07, 6.45) is 0. The van der Waals surface area contributed by atoms with E-state index in [1.165, 1.54) is 11.7 Å². The Kier molecular flexibility index (Phi) is 7.79. The van der Waals surface area contributed by atoms with Gasteiger partial charge in [-0.25, -0.2) is 26.7 Å². The molecule has 204 valence electrons. The lowest BCUT2D eigenvalue weighted by molar-refractivity contribution is 0.123. The first-order valence-electron chi connectivity index (χ1n) is 11.5. The second kappa shape index (κ2) is 11.1. The lowest BCUT2D eigenvalue weighted by Crippen LogP contribution is -2.23. The van der Waals surface area contributed by atoms with Crippen LogP contribution in [0.15, 0.2) is 46.3 Å². The minimum atomic E-state index is -2.24. The number of hydrogen-bond donors (Lipinski definition) is 0. The number of tetrazole rings is 1. The SMILES string of the molecule is C/C(=N/OCc1c(F)c(F)c(F)c(F)c1F)c1ccc(OCc2c(C)cccc2-n2nnn(C)c2=O)c(C)c1. The highest BCUT2D eigenvalue weighted by Crippen LogP contribution is 2.25. The van der Waals surface area contributed by atoms with E-state index in [2.05, 4.69) is 15.6 Å². The van der Waals surface area contributed by atoms with E-state index in [1.807, 2.05) is 13.0 Å². The first kappa shape index (κ1) is 27.5. The lowest BCUT2D eigenvalue weighted by Gasteiger charge is -2.15. The van der Waals surface area contributed by atoms with Gasteiger partial charge in [0, 0.05) is 12.6 Å². The molecule has 0 bridgehead atoms. The zero-order valence-electron chi connectivity index (χ0n) is 21.2. The first-order valence-corrected chi connectivity index (χ1v) is 11.5. The highest BCUT2D eigenvalue weighted by molar-refractivity contribution is 5.98. The third-order valence-corrected chi connectivity index (χ3v) is 6.01. The van der Waals surface area contributed by atoms with Crippen LogP contribution in [-0.2, 0) is 25.1 Å². The van der Waals surface area contributed by atoms with Gasteiger partial charge < -0.3 is 9.57 Å². The van der Waals surface area contributed by atoms with Gasteiger partial charge in [0.1, 0.15) is 19.0 Å². The van der Waals surface area contributed by atoms with Gasteiger partial charge in [-0.2, -0.15) is 9.36 Å². The molecule has 0 amide bonds. The molecular formula is C26H22F5N5O3. The first-order chi connectivity index (χ1) is 18.5. The van der Waals surface area contributed by atoms with Crippen molar-refractivity contribution in [1.29, 1.82) is 0 Å². The van der Waals surface area contributed by atoms with Crippen molar-refractivity contribution in [1.82, 2.24) is 19.8 Å². The average Bonchev–Trinajstić information content (AvgIpc) is 3.25. The van der Waals surface area contributed by atoms with E-state index in [-0.39, 0.29) is 12.3 Å². The number of ether oxygens (including phenoxy) is 1. The largest absolute Gasteiger partial charge is 0.489 e.